The summed E-state index contributed by atoms with van der Waals surface area (Å²) < 4.78 is 4.74. The Morgan fingerprint density at radius 2 is 1.85 bits per heavy atom. The van der Waals surface area contributed by atoms with Crippen LogP contribution in [0, 0.1) is 5.92 Å². The van der Waals surface area contributed by atoms with E-state index in [4.69, 9.17) is 4.74 Å². The molecule has 2 amide bonds. The molecule has 1 N–H and O–H groups in total. The Morgan fingerprint density at radius 1 is 1.15 bits per heavy atom. The number of anilines is 2. The molecule has 140 valence electrons. The van der Waals surface area contributed by atoms with Crippen LogP contribution in [0.4, 0.5) is 11.4 Å². The van der Waals surface area contributed by atoms with Crippen LogP contribution in [0.5, 0.6) is 0 Å². The van der Waals surface area contributed by atoms with Gasteiger partial charge in [0.15, 0.2) is 0 Å². The van der Waals surface area contributed by atoms with Crippen LogP contribution in [-0.4, -0.2) is 37.7 Å². The van der Waals surface area contributed by atoms with Gasteiger partial charge in [-0.25, -0.2) is 4.79 Å². The highest BCUT2D eigenvalue weighted by molar-refractivity contribution is 7.98. The van der Waals surface area contributed by atoms with E-state index < -0.39 is 11.9 Å². The predicted octanol–water partition coefficient (Wildman–Crippen LogP) is 3.19. The lowest BCUT2D eigenvalue weighted by molar-refractivity contribution is -0.122. The van der Waals surface area contributed by atoms with Crippen LogP contribution in [0.2, 0.25) is 0 Å². The number of rotatable bonds is 5. The van der Waals surface area contributed by atoms with Crippen molar-refractivity contribution < 1.29 is 19.1 Å². The Kier molecular flexibility index (Phi) is 5.81. The fourth-order valence-corrected chi connectivity index (χ4v) is 3.42. The van der Waals surface area contributed by atoms with Gasteiger partial charge in [0.1, 0.15) is 0 Å². The average Bonchev–Trinajstić information content (AvgIpc) is 3.09. The van der Waals surface area contributed by atoms with Gasteiger partial charge in [0, 0.05) is 23.5 Å². The number of carbonyl (C=O) groups is 3. The molecule has 0 bridgehead atoms. The molecule has 1 atom stereocenters. The zero-order chi connectivity index (χ0) is 19.4. The van der Waals surface area contributed by atoms with Crippen LogP contribution in [0.25, 0.3) is 0 Å². The molecular formula is C20H20N2O4S. The van der Waals surface area contributed by atoms with Crippen molar-refractivity contribution in [3.63, 3.8) is 0 Å². The first-order valence-electron chi connectivity index (χ1n) is 8.46. The predicted molar refractivity (Wildman–Crippen MR) is 105 cm³/mol. The minimum atomic E-state index is -0.524. The maximum atomic E-state index is 12.7. The molecule has 3 rings (SSSR count). The number of hydrogen-bond acceptors (Lipinski definition) is 5. The SMILES string of the molecule is COC(=O)c1ccccc1NC(=O)[C@H]1CC(=O)N(c2ccc(SC)cc2)C1. The van der Waals surface area contributed by atoms with Gasteiger partial charge in [0.2, 0.25) is 11.8 Å². The van der Waals surface area contributed by atoms with Crippen molar-refractivity contribution in [2.45, 2.75) is 11.3 Å². The number of hydrogen-bond donors (Lipinski definition) is 1. The van der Waals surface area contributed by atoms with Gasteiger partial charge >= 0.3 is 5.97 Å². The number of ether oxygens (including phenoxy) is 1. The van der Waals surface area contributed by atoms with Crippen LogP contribution < -0.4 is 10.2 Å². The monoisotopic (exact) mass is 384 g/mol. The normalized spacial score (nSPS) is 16.3. The summed E-state index contributed by atoms with van der Waals surface area (Å²) in [6.45, 7) is 0.309. The molecule has 2 aromatic carbocycles. The highest BCUT2D eigenvalue weighted by atomic mass is 32.2. The summed E-state index contributed by atoms with van der Waals surface area (Å²) in [6, 6.07) is 14.3. The summed E-state index contributed by atoms with van der Waals surface area (Å²) in [5.41, 5.74) is 1.44. The summed E-state index contributed by atoms with van der Waals surface area (Å²) in [7, 11) is 1.29. The van der Waals surface area contributed by atoms with Gasteiger partial charge < -0.3 is 15.0 Å². The number of nitrogens with zero attached hydrogens (tertiary/aromatic N) is 1. The molecule has 6 nitrogen and oxygen atoms in total. The number of carbonyl (C=O) groups excluding carboxylic acids is 3. The number of amides is 2. The summed E-state index contributed by atoms with van der Waals surface area (Å²) in [4.78, 5) is 39.6. The van der Waals surface area contributed by atoms with Crippen molar-refractivity contribution in [2.75, 3.05) is 30.1 Å². The number of esters is 1. The number of nitrogens with one attached hydrogen (secondary N) is 1. The van der Waals surface area contributed by atoms with Crippen molar-refractivity contribution >= 4 is 40.9 Å². The number of benzene rings is 2. The van der Waals surface area contributed by atoms with Crippen LogP contribution in [0.15, 0.2) is 53.4 Å². The van der Waals surface area contributed by atoms with E-state index in [1.54, 1.807) is 40.9 Å². The second-order valence-electron chi connectivity index (χ2n) is 6.13. The Bertz CT molecular complexity index is 867. The van der Waals surface area contributed by atoms with Gasteiger partial charge in [-0.3, -0.25) is 9.59 Å². The van der Waals surface area contributed by atoms with Crippen molar-refractivity contribution in [3.05, 3.63) is 54.1 Å². The van der Waals surface area contributed by atoms with Crippen molar-refractivity contribution in [1.29, 1.82) is 0 Å². The fraction of sp³-hybridized carbons (Fsp3) is 0.250. The van der Waals surface area contributed by atoms with E-state index in [0.29, 0.717) is 12.2 Å². The molecule has 1 heterocycles. The lowest BCUT2D eigenvalue weighted by atomic mass is 10.1. The van der Waals surface area contributed by atoms with Crippen LogP contribution in [0.1, 0.15) is 16.8 Å². The molecule has 1 aliphatic heterocycles. The zero-order valence-corrected chi connectivity index (χ0v) is 15.9. The molecule has 0 spiro atoms. The summed E-state index contributed by atoms with van der Waals surface area (Å²) in [6.07, 6.45) is 2.12. The molecule has 0 aliphatic carbocycles. The number of thioether (sulfide) groups is 1. The van der Waals surface area contributed by atoms with Gasteiger partial charge in [0.25, 0.3) is 0 Å². The van der Waals surface area contributed by atoms with Crippen molar-refractivity contribution in [1.82, 2.24) is 0 Å². The molecule has 1 fully saturated rings. The molecular weight excluding hydrogens is 364 g/mol. The first kappa shape index (κ1) is 19.0. The lowest BCUT2D eigenvalue weighted by Crippen LogP contribution is -2.28. The Morgan fingerprint density at radius 3 is 2.52 bits per heavy atom. The minimum absolute atomic E-state index is 0.0895. The highest BCUT2D eigenvalue weighted by Crippen LogP contribution is 2.28. The van der Waals surface area contributed by atoms with Gasteiger partial charge in [-0.1, -0.05) is 12.1 Å². The third kappa shape index (κ3) is 4.14. The third-order valence-electron chi connectivity index (χ3n) is 4.47. The van der Waals surface area contributed by atoms with Gasteiger partial charge in [-0.2, -0.15) is 0 Å². The molecule has 2 aromatic rings. The van der Waals surface area contributed by atoms with Gasteiger partial charge in [-0.15, -0.1) is 11.8 Å². The lowest BCUT2D eigenvalue weighted by Gasteiger charge is -2.17. The van der Waals surface area contributed by atoms with E-state index in [2.05, 4.69) is 5.32 Å². The smallest absolute Gasteiger partial charge is 0.339 e. The Hall–Kier alpha value is -2.80. The van der Waals surface area contributed by atoms with E-state index in [9.17, 15) is 14.4 Å². The molecule has 7 heteroatoms. The summed E-state index contributed by atoms with van der Waals surface area (Å²) in [5, 5.41) is 2.76. The zero-order valence-electron chi connectivity index (χ0n) is 15.1. The van der Waals surface area contributed by atoms with E-state index in [1.165, 1.54) is 7.11 Å². The quantitative estimate of drug-likeness (QED) is 0.633. The maximum absolute atomic E-state index is 12.7. The first-order valence-corrected chi connectivity index (χ1v) is 9.68. The molecule has 1 aliphatic rings. The van der Waals surface area contributed by atoms with Crippen molar-refractivity contribution in [2.24, 2.45) is 5.92 Å². The van der Waals surface area contributed by atoms with E-state index in [0.717, 1.165) is 10.6 Å². The second-order valence-corrected chi connectivity index (χ2v) is 7.01. The summed E-state index contributed by atoms with van der Waals surface area (Å²) in [5.74, 6) is -1.39. The largest absolute Gasteiger partial charge is 0.465 e. The topological polar surface area (TPSA) is 75.7 Å². The fourth-order valence-electron chi connectivity index (χ4n) is 3.01. The van der Waals surface area contributed by atoms with E-state index in [-0.39, 0.29) is 23.8 Å². The van der Waals surface area contributed by atoms with E-state index in [1.807, 2.05) is 30.5 Å². The van der Waals surface area contributed by atoms with Gasteiger partial charge in [0.05, 0.1) is 24.3 Å². The first-order chi connectivity index (χ1) is 13.0. The summed E-state index contributed by atoms with van der Waals surface area (Å²) >= 11 is 1.63. The molecule has 1 saturated heterocycles. The van der Waals surface area contributed by atoms with Crippen LogP contribution in [0.3, 0.4) is 0 Å². The number of para-hydroxylation sites is 1. The minimum Gasteiger partial charge on any atom is -0.465 e. The molecule has 0 radical (unpaired) electrons. The second kappa shape index (κ2) is 8.26. The molecule has 0 saturated carbocycles. The molecule has 0 unspecified atom stereocenters. The van der Waals surface area contributed by atoms with Gasteiger partial charge in [-0.05, 0) is 42.7 Å². The van der Waals surface area contributed by atoms with Crippen LogP contribution >= 0.6 is 11.8 Å². The molecule has 27 heavy (non-hydrogen) atoms. The van der Waals surface area contributed by atoms with Crippen LogP contribution in [-0.2, 0) is 14.3 Å². The standard InChI is InChI=1S/C20H20N2O4S/c1-26-20(25)16-5-3-4-6-17(16)21-19(24)13-11-18(23)22(12-13)14-7-9-15(27-2)10-8-14/h3-10,13H,11-12H2,1-2H3,(H,21,24)/t13-/m0/s1. The number of methoxy groups -OCH3 is 1. The highest BCUT2D eigenvalue weighted by Gasteiger charge is 2.35. The average molecular weight is 384 g/mol. The third-order valence-corrected chi connectivity index (χ3v) is 5.21. The molecule has 0 aromatic heterocycles. The Balaban J connectivity index is 1.72. The Labute approximate surface area is 161 Å². The maximum Gasteiger partial charge on any atom is 0.339 e. The van der Waals surface area contributed by atoms with E-state index >= 15 is 0 Å². The van der Waals surface area contributed by atoms with Crippen molar-refractivity contribution in [3.8, 4) is 0 Å².